The van der Waals surface area contributed by atoms with Crippen molar-refractivity contribution in [2.45, 2.75) is 13.0 Å². The second-order valence-electron chi connectivity index (χ2n) is 4.13. The van der Waals surface area contributed by atoms with Crippen LogP contribution in [0.5, 0.6) is 0 Å². The molecule has 1 aliphatic rings. The molecule has 1 saturated heterocycles. The van der Waals surface area contributed by atoms with Crippen LogP contribution in [0.15, 0.2) is 10.7 Å². The standard InChI is InChI=1S/C11H16N4O3/c1-7-8(5-14-18-7)11(17)15-4-3-13-6-9(15)10(16)12-2/h5,9,13H,3-4,6H2,1-2H3,(H,12,16). The summed E-state index contributed by atoms with van der Waals surface area (Å²) in [6.45, 7) is 3.29. The van der Waals surface area contributed by atoms with E-state index < -0.39 is 6.04 Å². The van der Waals surface area contributed by atoms with E-state index in [1.54, 1.807) is 18.9 Å². The van der Waals surface area contributed by atoms with E-state index in [1.165, 1.54) is 6.20 Å². The Morgan fingerprint density at radius 1 is 1.61 bits per heavy atom. The molecule has 0 spiro atoms. The Morgan fingerprint density at radius 3 is 3.00 bits per heavy atom. The summed E-state index contributed by atoms with van der Waals surface area (Å²) >= 11 is 0. The molecule has 1 aliphatic heterocycles. The molecule has 0 saturated carbocycles. The second kappa shape index (κ2) is 5.18. The van der Waals surface area contributed by atoms with Gasteiger partial charge in [-0.3, -0.25) is 9.59 Å². The zero-order chi connectivity index (χ0) is 13.1. The van der Waals surface area contributed by atoms with Crippen LogP contribution in [0.25, 0.3) is 0 Å². The number of hydrogen-bond donors (Lipinski definition) is 2. The molecular formula is C11H16N4O3. The van der Waals surface area contributed by atoms with Crippen molar-refractivity contribution < 1.29 is 14.1 Å². The largest absolute Gasteiger partial charge is 0.361 e. The summed E-state index contributed by atoms with van der Waals surface area (Å²) < 4.78 is 4.88. The van der Waals surface area contributed by atoms with Crippen molar-refractivity contribution in [3.63, 3.8) is 0 Å². The molecule has 1 aromatic heterocycles. The van der Waals surface area contributed by atoms with E-state index in [0.29, 0.717) is 31.0 Å². The van der Waals surface area contributed by atoms with E-state index in [-0.39, 0.29) is 11.8 Å². The highest BCUT2D eigenvalue weighted by molar-refractivity contribution is 5.98. The number of amides is 2. The van der Waals surface area contributed by atoms with Gasteiger partial charge in [0.25, 0.3) is 5.91 Å². The Morgan fingerprint density at radius 2 is 2.39 bits per heavy atom. The first-order valence-corrected chi connectivity index (χ1v) is 5.79. The summed E-state index contributed by atoms with van der Waals surface area (Å²) in [4.78, 5) is 25.6. The lowest BCUT2D eigenvalue weighted by molar-refractivity contribution is -0.125. The van der Waals surface area contributed by atoms with Gasteiger partial charge in [-0.25, -0.2) is 0 Å². The molecule has 0 bridgehead atoms. The number of carbonyl (C=O) groups is 2. The van der Waals surface area contributed by atoms with Gasteiger partial charge in [-0.15, -0.1) is 0 Å². The summed E-state index contributed by atoms with van der Waals surface area (Å²) in [5, 5.41) is 9.26. The van der Waals surface area contributed by atoms with Crippen molar-refractivity contribution in [1.29, 1.82) is 0 Å². The molecule has 0 aromatic carbocycles. The Balaban J connectivity index is 2.21. The number of piperazine rings is 1. The molecule has 2 amide bonds. The normalized spacial score (nSPS) is 19.7. The average molecular weight is 252 g/mol. The second-order valence-corrected chi connectivity index (χ2v) is 4.13. The van der Waals surface area contributed by atoms with Crippen molar-refractivity contribution in [3.8, 4) is 0 Å². The number of hydrogen-bond acceptors (Lipinski definition) is 5. The van der Waals surface area contributed by atoms with Crippen LogP contribution in [0.4, 0.5) is 0 Å². The summed E-state index contributed by atoms with van der Waals surface area (Å²) in [7, 11) is 1.56. The molecule has 18 heavy (non-hydrogen) atoms. The van der Waals surface area contributed by atoms with Gasteiger partial charge in [0, 0.05) is 26.7 Å². The quantitative estimate of drug-likeness (QED) is 0.715. The van der Waals surface area contributed by atoms with E-state index in [2.05, 4.69) is 15.8 Å². The van der Waals surface area contributed by atoms with Gasteiger partial charge in [0.05, 0.1) is 6.20 Å². The molecule has 2 heterocycles. The van der Waals surface area contributed by atoms with Crippen molar-refractivity contribution in [2.75, 3.05) is 26.7 Å². The zero-order valence-corrected chi connectivity index (χ0v) is 10.4. The molecule has 1 fully saturated rings. The maximum atomic E-state index is 12.3. The van der Waals surface area contributed by atoms with E-state index in [9.17, 15) is 9.59 Å². The fraction of sp³-hybridized carbons (Fsp3) is 0.545. The van der Waals surface area contributed by atoms with Gasteiger partial charge in [0.15, 0.2) is 0 Å². The number of nitrogens with zero attached hydrogens (tertiary/aromatic N) is 2. The van der Waals surface area contributed by atoms with Crippen LogP contribution >= 0.6 is 0 Å². The molecule has 98 valence electrons. The highest BCUT2D eigenvalue weighted by Crippen LogP contribution is 2.13. The highest BCUT2D eigenvalue weighted by Gasteiger charge is 2.33. The maximum absolute atomic E-state index is 12.3. The van der Waals surface area contributed by atoms with Crippen molar-refractivity contribution >= 4 is 11.8 Å². The topological polar surface area (TPSA) is 87.5 Å². The molecular weight excluding hydrogens is 236 g/mol. The molecule has 1 aromatic rings. The van der Waals surface area contributed by atoms with Crippen molar-refractivity contribution in [3.05, 3.63) is 17.5 Å². The molecule has 2 rings (SSSR count). The van der Waals surface area contributed by atoms with E-state index in [0.717, 1.165) is 0 Å². The molecule has 1 atom stereocenters. The third-order valence-corrected chi connectivity index (χ3v) is 3.03. The lowest BCUT2D eigenvalue weighted by Crippen LogP contribution is -2.59. The summed E-state index contributed by atoms with van der Waals surface area (Å²) in [5.41, 5.74) is 0.408. The number of rotatable bonds is 2. The first-order chi connectivity index (χ1) is 8.65. The monoisotopic (exact) mass is 252 g/mol. The minimum atomic E-state index is -0.495. The number of aryl methyl sites for hydroxylation is 1. The lowest BCUT2D eigenvalue weighted by atomic mass is 10.1. The van der Waals surface area contributed by atoms with Gasteiger partial charge in [0.1, 0.15) is 17.4 Å². The number of aromatic nitrogens is 1. The predicted molar refractivity (Wildman–Crippen MR) is 63.0 cm³/mol. The Hall–Kier alpha value is -1.89. The van der Waals surface area contributed by atoms with E-state index in [4.69, 9.17) is 4.52 Å². The summed E-state index contributed by atoms with van der Waals surface area (Å²) in [6.07, 6.45) is 1.39. The number of nitrogens with one attached hydrogen (secondary N) is 2. The van der Waals surface area contributed by atoms with Crippen LogP contribution in [0.3, 0.4) is 0 Å². The molecule has 0 aliphatic carbocycles. The van der Waals surface area contributed by atoms with Gasteiger partial charge in [-0.2, -0.15) is 0 Å². The highest BCUT2D eigenvalue weighted by atomic mass is 16.5. The number of likely N-dealkylation sites (N-methyl/N-ethyl adjacent to an activating group) is 1. The first kappa shape index (κ1) is 12.6. The summed E-state index contributed by atoms with van der Waals surface area (Å²) in [6, 6.07) is -0.495. The molecule has 2 N–H and O–H groups in total. The maximum Gasteiger partial charge on any atom is 0.259 e. The van der Waals surface area contributed by atoms with Crippen LogP contribution in [0, 0.1) is 6.92 Å². The van der Waals surface area contributed by atoms with E-state index in [1.807, 2.05) is 0 Å². The fourth-order valence-electron chi connectivity index (χ4n) is 2.01. The van der Waals surface area contributed by atoms with Gasteiger partial charge in [-0.05, 0) is 6.92 Å². The smallest absolute Gasteiger partial charge is 0.259 e. The zero-order valence-electron chi connectivity index (χ0n) is 10.4. The number of carbonyl (C=O) groups excluding carboxylic acids is 2. The van der Waals surface area contributed by atoms with Gasteiger partial charge in [-0.1, -0.05) is 5.16 Å². The third kappa shape index (κ3) is 2.21. The van der Waals surface area contributed by atoms with Crippen molar-refractivity contribution in [2.24, 2.45) is 0 Å². The lowest BCUT2D eigenvalue weighted by Gasteiger charge is -2.34. The van der Waals surface area contributed by atoms with Crippen LogP contribution in [-0.2, 0) is 4.79 Å². The van der Waals surface area contributed by atoms with Gasteiger partial charge in [0.2, 0.25) is 5.91 Å². The van der Waals surface area contributed by atoms with Crippen LogP contribution in [0.2, 0.25) is 0 Å². The Labute approximate surface area is 104 Å². The molecule has 7 heteroatoms. The third-order valence-electron chi connectivity index (χ3n) is 3.03. The minimum absolute atomic E-state index is 0.176. The summed E-state index contributed by atoms with van der Waals surface area (Å²) in [5.74, 6) is 0.0719. The minimum Gasteiger partial charge on any atom is -0.361 e. The first-order valence-electron chi connectivity index (χ1n) is 5.79. The Kier molecular flexibility index (Phi) is 3.61. The van der Waals surface area contributed by atoms with Gasteiger partial charge < -0.3 is 20.1 Å². The van der Waals surface area contributed by atoms with E-state index >= 15 is 0 Å². The van der Waals surface area contributed by atoms with Crippen LogP contribution in [-0.4, -0.2) is 54.6 Å². The molecule has 7 nitrogen and oxygen atoms in total. The predicted octanol–water partition coefficient (Wildman–Crippen LogP) is -0.857. The van der Waals surface area contributed by atoms with Crippen LogP contribution < -0.4 is 10.6 Å². The van der Waals surface area contributed by atoms with Crippen LogP contribution in [0.1, 0.15) is 16.1 Å². The SMILES string of the molecule is CNC(=O)C1CNCCN1C(=O)c1cnoc1C. The van der Waals surface area contributed by atoms with Crippen molar-refractivity contribution in [1.82, 2.24) is 20.7 Å². The fourth-order valence-corrected chi connectivity index (χ4v) is 2.01. The Bertz CT molecular complexity index is 457. The average Bonchev–Trinajstić information content (AvgIpc) is 2.83. The molecule has 0 radical (unpaired) electrons. The molecule has 1 unspecified atom stereocenters. The van der Waals surface area contributed by atoms with Gasteiger partial charge >= 0.3 is 0 Å².